The van der Waals surface area contributed by atoms with Crippen LogP contribution in [0.1, 0.15) is 27.2 Å². The summed E-state index contributed by atoms with van der Waals surface area (Å²) in [6.07, 6.45) is 0. The topological polar surface area (TPSA) is 78.1 Å². The smallest absolute Gasteiger partial charge is 0.271 e. The van der Waals surface area contributed by atoms with Crippen molar-refractivity contribution in [1.29, 1.82) is 5.26 Å². The van der Waals surface area contributed by atoms with Crippen LogP contribution >= 0.6 is 0 Å². The number of benzene rings is 3. The normalized spacial score (nSPS) is 15.2. The second kappa shape index (κ2) is 8.64. The fraction of sp³-hybridized carbons (Fsp3) is 0.148. The van der Waals surface area contributed by atoms with E-state index in [1.165, 1.54) is 0 Å². The number of aromatic nitrogens is 1. The maximum Gasteiger partial charge on any atom is 0.271 e. The Balaban J connectivity index is 1.49. The third kappa shape index (κ3) is 3.97. The van der Waals surface area contributed by atoms with E-state index in [-0.39, 0.29) is 18.4 Å². The molecule has 2 heterocycles. The van der Waals surface area contributed by atoms with Gasteiger partial charge in [0.15, 0.2) is 0 Å². The van der Waals surface area contributed by atoms with Crippen molar-refractivity contribution in [3.05, 3.63) is 107 Å². The largest absolute Gasteiger partial charge is 0.350 e. The molecule has 2 amide bonds. The van der Waals surface area contributed by atoms with Crippen LogP contribution in [0, 0.1) is 11.3 Å². The third-order valence-corrected chi connectivity index (χ3v) is 6.04. The van der Waals surface area contributed by atoms with Crippen LogP contribution in [0.15, 0.2) is 84.9 Å². The molecule has 6 heteroatoms. The van der Waals surface area contributed by atoms with E-state index in [0.29, 0.717) is 24.3 Å². The summed E-state index contributed by atoms with van der Waals surface area (Å²) >= 11 is 0. The molecule has 0 unspecified atom stereocenters. The van der Waals surface area contributed by atoms with Crippen LogP contribution in [0.4, 0.5) is 0 Å². The molecule has 0 aliphatic carbocycles. The summed E-state index contributed by atoms with van der Waals surface area (Å²) in [6.45, 7) is 1.01. The van der Waals surface area contributed by atoms with Crippen LogP contribution < -0.4 is 5.32 Å². The number of nitrogens with one attached hydrogen (secondary N) is 1. The number of para-hydroxylation sites is 1. The molecule has 5 rings (SSSR count). The molecule has 0 bridgehead atoms. The Kier molecular flexibility index (Phi) is 5.37. The van der Waals surface area contributed by atoms with Crippen LogP contribution in [-0.4, -0.2) is 27.3 Å². The summed E-state index contributed by atoms with van der Waals surface area (Å²) in [5.41, 5.74) is 3.84. The highest BCUT2D eigenvalue weighted by Crippen LogP contribution is 2.28. The highest BCUT2D eigenvalue weighted by Gasteiger charge is 2.37. The summed E-state index contributed by atoms with van der Waals surface area (Å²) in [5, 5.41) is 13.2. The van der Waals surface area contributed by atoms with Gasteiger partial charge in [0.2, 0.25) is 5.91 Å². The lowest BCUT2D eigenvalue weighted by molar-refractivity contribution is -0.126. The van der Waals surface area contributed by atoms with Gasteiger partial charge < -0.3 is 14.8 Å². The number of hydrogen-bond acceptors (Lipinski definition) is 3. The quantitative estimate of drug-likeness (QED) is 0.518. The monoisotopic (exact) mass is 434 g/mol. The fourth-order valence-electron chi connectivity index (χ4n) is 4.39. The fourth-order valence-corrected chi connectivity index (χ4v) is 4.39. The lowest BCUT2D eigenvalue weighted by Crippen LogP contribution is -2.54. The number of hydrogen-bond donors (Lipinski definition) is 1. The molecule has 0 radical (unpaired) electrons. The zero-order valence-corrected chi connectivity index (χ0v) is 17.9. The predicted molar refractivity (Wildman–Crippen MR) is 125 cm³/mol. The van der Waals surface area contributed by atoms with Gasteiger partial charge >= 0.3 is 0 Å². The van der Waals surface area contributed by atoms with Crippen molar-refractivity contribution in [2.24, 2.45) is 0 Å². The lowest BCUT2D eigenvalue weighted by Gasteiger charge is -2.36. The van der Waals surface area contributed by atoms with Gasteiger partial charge in [0.25, 0.3) is 5.91 Å². The molecule has 1 atom stereocenters. The average molecular weight is 434 g/mol. The van der Waals surface area contributed by atoms with Crippen LogP contribution in [0.25, 0.3) is 10.9 Å². The maximum absolute atomic E-state index is 13.6. The number of nitriles is 1. The van der Waals surface area contributed by atoms with E-state index < -0.39 is 6.04 Å². The molecule has 0 spiro atoms. The number of nitrogens with zero attached hydrogens (tertiary/aromatic N) is 3. The number of carbonyl (C=O) groups excluding carboxylic acids is 2. The molecule has 33 heavy (non-hydrogen) atoms. The zero-order valence-electron chi connectivity index (χ0n) is 17.9. The van der Waals surface area contributed by atoms with Crippen molar-refractivity contribution in [1.82, 2.24) is 14.8 Å². The minimum atomic E-state index is -0.671. The van der Waals surface area contributed by atoms with E-state index in [0.717, 1.165) is 22.0 Å². The zero-order chi connectivity index (χ0) is 22.8. The third-order valence-electron chi connectivity index (χ3n) is 6.04. The summed E-state index contributed by atoms with van der Waals surface area (Å²) in [5.74, 6) is -0.397. The molecule has 0 fully saturated rings. The van der Waals surface area contributed by atoms with Crippen LogP contribution in [-0.2, 0) is 24.4 Å². The lowest BCUT2D eigenvalue weighted by atomic mass is 10.1. The molecular formula is C27H22N4O2. The summed E-state index contributed by atoms with van der Waals surface area (Å²) in [6, 6.07) is 28.0. The van der Waals surface area contributed by atoms with Gasteiger partial charge in [0, 0.05) is 24.0 Å². The van der Waals surface area contributed by atoms with Crippen molar-refractivity contribution in [3.63, 3.8) is 0 Å². The summed E-state index contributed by atoms with van der Waals surface area (Å²) in [4.78, 5) is 28.5. The van der Waals surface area contributed by atoms with Gasteiger partial charge in [-0.3, -0.25) is 9.59 Å². The van der Waals surface area contributed by atoms with Crippen molar-refractivity contribution in [2.75, 3.05) is 0 Å². The first-order chi connectivity index (χ1) is 16.1. The molecule has 6 nitrogen and oxygen atoms in total. The molecule has 1 aromatic heterocycles. The van der Waals surface area contributed by atoms with E-state index in [2.05, 4.69) is 11.4 Å². The number of rotatable bonds is 5. The van der Waals surface area contributed by atoms with Crippen LogP contribution in [0.3, 0.4) is 0 Å². The second-order valence-corrected chi connectivity index (χ2v) is 8.16. The Hall–Kier alpha value is -4.37. The molecule has 1 N–H and O–H groups in total. The molecule has 3 aromatic carbocycles. The SMILES string of the molecule is N#Cc1cccc(CN2C(=O)c3cc4ccccc4n3C[C@H]2C(=O)NCc2ccccc2)c1. The van der Waals surface area contributed by atoms with E-state index in [1.807, 2.05) is 71.3 Å². The van der Waals surface area contributed by atoms with Crippen molar-refractivity contribution < 1.29 is 9.59 Å². The van der Waals surface area contributed by atoms with Gasteiger partial charge in [0.1, 0.15) is 11.7 Å². The van der Waals surface area contributed by atoms with E-state index in [4.69, 9.17) is 0 Å². The van der Waals surface area contributed by atoms with Crippen molar-refractivity contribution >= 4 is 22.7 Å². The van der Waals surface area contributed by atoms with E-state index in [9.17, 15) is 14.9 Å². The number of fused-ring (bicyclic) bond motifs is 3. The summed E-state index contributed by atoms with van der Waals surface area (Å²) < 4.78 is 1.94. The maximum atomic E-state index is 13.6. The Morgan fingerprint density at radius 2 is 1.73 bits per heavy atom. The standard InChI is InChI=1S/C27H22N4O2/c28-15-20-9-6-10-21(13-20)17-31-25(26(32)29-16-19-7-2-1-3-8-19)18-30-23-12-5-4-11-22(23)14-24(30)27(31)33/h1-14,25H,16-18H2,(H,29,32)/t25-/m0/s1. The van der Waals surface area contributed by atoms with Gasteiger partial charge in [-0.1, -0.05) is 60.7 Å². The highest BCUT2D eigenvalue weighted by atomic mass is 16.2. The first-order valence-corrected chi connectivity index (χ1v) is 10.8. The van der Waals surface area contributed by atoms with E-state index >= 15 is 0 Å². The Morgan fingerprint density at radius 1 is 0.970 bits per heavy atom. The van der Waals surface area contributed by atoms with Crippen molar-refractivity contribution in [2.45, 2.75) is 25.7 Å². The Bertz CT molecular complexity index is 1380. The molecule has 4 aromatic rings. The first-order valence-electron chi connectivity index (χ1n) is 10.8. The van der Waals surface area contributed by atoms with E-state index in [1.54, 1.807) is 23.1 Å². The second-order valence-electron chi connectivity index (χ2n) is 8.16. The summed E-state index contributed by atoms with van der Waals surface area (Å²) in [7, 11) is 0. The van der Waals surface area contributed by atoms with Gasteiger partial charge in [-0.05, 0) is 35.4 Å². The minimum absolute atomic E-state index is 0.195. The molecular weight excluding hydrogens is 412 g/mol. The minimum Gasteiger partial charge on any atom is -0.350 e. The van der Waals surface area contributed by atoms with Gasteiger partial charge in [0.05, 0.1) is 18.2 Å². The molecule has 1 aliphatic rings. The Labute approximate surface area is 191 Å². The van der Waals surface area contributed by atoms with Crippen molar-refractivity contribution in [3.8, 4) is 6.07 Å². The first kappa shape index (κ1) is 20.5. The number of amides is 2. The molecule has 162 valence electrons. The Morgan fingerprint density at radius 3 is 2.55 bits per heavy atom. The van der Waals surface area contributed by atoms with Crippen LogP contribution in [0.2, 0.25) is 0 Å². The van der Waals surface area contributed by atoms with Crippen LogP contribution in [0.5, 0.6) is 0 Å². The van der Waals surface area contributed by atoms with Gasteiger partial charge in [-0.25, -0.2) is 0 Å². The molecule has 0 saturated heterocycles. The average Bonchev–Trinajstić information content (AvgIpc) is 3.24. The molecule has 0 saturated carbocycles. The molecule has 1 aliphatic heterocycles. The highest BCUT2D eigenvalue weighted by molar-refractivity contribution is 6.02. The predicted octanol–water partition coefficient (Wildman–Crippen LogP) is 3.85. The van der Waals surface area contributed by atoms with Gasteiger partial charge in [-0.15, -0.1) is 0 Å². The number of carbonyl (C=O) groups is 2. The van der Waals surface area contributed by atoms with Gasteiger partial charge in [-0.2, -0.15) is 5.26 Å².